The Kier molecular flexibility index (Phi) is 4.65. The summed E-state index contributed by atoms with van der Waals surface area (Å²) in [6.07, 6.45) is 4.21. The Morgan fingerprint density at radius 2 is 2.00 bits per heavy atom. The average Bonchev–Trinajstić information content (AvgIpc) is 2.43. The second kappa shape index (κ2) is 6.02. The van der Waals surface area contributed by atoms with Gasteiger partial charge in [-0.1, -0.05) is 38.8 Å². The van der Waals surface area contributed by atoms with E-state index in [1.165, 1.54) is 5.57 Å². The smallest absolute Gasteiger partial charge is 0.308 e. The van der Waals surface area contributed by atoms with Gasteiger partial charge in [0.2, 0.25) is 0 Å². The van der Waals surface area contributed by atoms with Gasteiger partial charge in [-0.3, -0.25) is 9.59 Å². The van der Waals surface area contributed by atoms with E-state index >= 15 is 0 Å². The minimum atomic E-state index is -0.123. The monoisotopic (exact) mass is 304 g/mol. The van der Waals surface area contributed by atoms with Crippen molar-refractivity contribution in [2.45, 2.75) is 66.9 Å². The Balaban J connectivity index is 2.29. The van der Waals surface area contributed by atoms with Gasteiger partial charge in [-0.15, -0.1) is 0 Å². The van der Waals surface area contributed by atoms with Gasteiger partial charge in [0.25, 0.3) is 0 Å². The molecule has 0 aliphatic heterocycles. The minimum absolute atomic E-state index is 0.0522. The summed E-state index contributed by atoms with van der Waals surface area (Å²) in [6, 6.07) is 0. The first-order valence-electron chi connectivity index (χ1n) is 8.29. The molecule has 0 aromatic carbocycles. The van der Waals surface area contributed by atoms with Crippen LogP contribution >= 0.6 is 0 Å². The summed E-state index contributed by atoms with van der Waals surface area (Å²) >= 11 is 0. The molecule has 1 fully saturated rings. The highest BCUT2D eigenvalue weighted by molar-refractivity contribution is 6.06. The van der Waals surface area contributed by atoms with Crippen LogP contribution < -0.4 is 0 Å². The number of carbonyl (C=O) groups is 2. The molecule has 3 heteroatoms. The molecule has 122 valence electrons. The maximum atomic E-state index is 12.3. The van der Waals surface area contributed by atoms with E-state index in [1.54, 1.807) is 0 Å². The normalized spacial score (nSPS) is 31.7. The van der Waals surface area contributed by atoms with E-state index in [0.717, 1.165) is 30.4 Å². The van der Waals surface area contributed by atoms with Crippen LogP contribution in [0.2, 0.25) is 0 Å². The molecule has 2 aliphatic rings. The van der Waals surface area contributed by atoms with Gasteiger partial charge in [-0.05, 0) is 50.2 Å². The highest BCUT2D eigenvalue weighted by atomic mass is 16.5. The summed E-state index contributed by atoms with van der Waals surface area (Å²) in [7, 11) is 0. The van der Waals surface area contributed by atoms with Crippen LogP contribution in [0.4, 0.5) is 0 Å². The Morgan fingerprint density at radius 1 is 1.36 bits per heavy atom. The highest BCUT2D eigenvalue weighted by Gasteiger charge is 2.47. The summed E-state index contributed by atoms with van der Waals surface area (Å²) in [5, 5.41) is 0. The molecule has 2 rings (SSSR count). The molecule has 0 saturated heterocycles. The first-order chi connectivity index (χ1) is 10.2. The number of rotatable bonds is 2. The van der Waals surface area contributed by atoms with Crippen LogP contribution in [0.25, 0.3) is 0 Å². The summed E-state index contributed by atoms with van der Waals surface area (Å²) in [4.78, 5) is 24.2. The van der Waals surface area contributed by atoms with Crippen LogP contribution in [-0.2, 0) is 14.3 Å². The van der Waals surface area contributed by atoms with Crippen LogP contribution in [0.3, 0.4) is 0 Å². The van der Waals surface area contributed by atoms with Crippen molar-refractivity contribution in [2.75, 3.05) is 0 Å². The SMILES string of the molecule is CC(C)=C1C[C@@]2(C)C(=CC1=O)CC[C@@H](OC(=O)C(C)C)[C@@H]2C. The van der Waals surface area contributed by atoms with Crippen LogP contribution in [0, 0.1) is 17.3 Å². The topological polar surface area (TPSA) is 43.4 Å². The Bertz CT molecular complexity index is 549. The largest absolute Gasteiger partial charge is 0.462 e. The van der Waals surface area contributed by atoms with Crippen LogP contribution in [-0.4, -0.2) is 17.9 Å². The Morgan fingerprint density at radius 3 is 2.55 bits per heavy atom. The number of ether oxygens (including phenoxy) is 1. The maximum absolute atomic E-state index is 12.3. The predicted molar refractivity (Wildman–Crippen MR) is 87.3 cm³/mol. The molecule has 0 N–H and O–H groups in total. The van der Waals surface area contributed by atoms with E-state index in [0.29, 0.717) is 0 Å². The Labute approximate surface area is 133 Å². The van der Waals surface area contributed by atoms with E-state index in [4.69, 9.17) is 4.74 Å². The fraction of sp³-hybridized carbons (Fsp3) is 0.684. The zero-order chi connectivity index (χ0) is 16.7. The predicted octanol–water partition coefficient (Wildman–Crippen LogP) is 4.23. The number of allylic oxidation sites excluding steroid dienone is 4. The van der Waals surface area contributed by atoms with Crippen LogP contribution in [0.15, 0.2) is 22.8 Å². The van der Waals surface area contributed by atoms with Crippen molar-refractivity contribution in [3.8, 4) is 0 Å². The Hall–Kier alpha value is -1.38. The third kappa shape index (κ3) is 2.90. The average molecular weight is 304 g/mol. The maximum Gasteiger partial charge on any atom is 0.308 e. The van der Waals surface area contributed by atoms with E-state index in [1.807, 2.05) is 33.8 Å². The molecule has 0 spiro atoms. The number of fused-ring (bicyclic) bond motifs is 1. The van der Waals surface area contributed by atoms with Crippen molar-refractivity contribution < 1.29 is 14.3 Å². The van der Waals surface area contributed by atoms with Gasteiger partial charge in [0.1, 0.15) is 6.10 Å². The first kappa shape index (κ1) is 17.0. The molecular weight excluding hydrogens is 276 g/mol. The lowest BCUT2D eigenvalue weighted by atomic mass is 9.58. The first-order valence-corrected chi connectivity index (χ1v) is 8.29. The molecule has 0 bridgehead atoms. The van der Waals surface area contributed by atoms with Gasteiger partial charge in [0.15, 0.2) is 5.78 Å². The molecule has 2 aliphatic carbocycles. The van der Waals surface area contributed by atoms with Gasteiger partial charge in [-0.25, -0.2) is 0 Å². The lowest BCUT2D eigenvalue weighted by Crippen LogP contribution is -2.45. The zero-order valence-electron chi connectivity index (χ0n) is 14.7. The van der Waals surface area contributed by atoms with Crippen molar-refractivity contribution in [3.63, 3.8) is 0 Å². The molecule has 0 amide bonds. The van der Waals surface area contributed by atoms with Gasteiger partial charge in [-0.2, -0.15) is 0 Å². The fourth-order valence-corrected chi connectivity index (χ4v) is 3.62. The van der Waals surface area contributed by atoms with Crippen molar-refractivity contribution in [3.05, 3.63) is 22.8 Å². The molecule has 0 radical (unpaired) electrons. The molecule has 22 heavy (non-hydrogen) atoms. The van der Waals surface area contributed by atoms with E-state index in [9.17, 15) is 9.59 Å². The number of hydrogen-bond acceptors (Lipinski definition) is 3. The third-order valence-electron chi connectivity index (χ3n) is 5.48. The molecule has 3 atom stereocenters. The second-order valence-electron chi connectivity index (χ2n) is 7.56. The van der Waals surface area contributed by atoms with E-state index < -0.39 is 0 Å². The van der Waals surface area contributed by atoms with Gasteiger partial charge < -0.3 is 4.74 Å². The van der Waals surface area contributed by atoms with Crippen molar-refractivity contribution in [1.82, 2.24) is 0 Å². The lowest BCUT2D eigenvalue weighted by molar-refractivity contribution is -0.159. The number of ketones is 1. The highest BCUT2D eigenvalue weighted by Crippen LogP contribution is 2.52. The molecule has 3 nitrogen and oxygen atoms in total. The second-order valence-corrected chi connectivity index (χ2v) is 7.56. The summed E-state index contributed by atoms with van der Waals surface area (Å²) in [5.74, 6) is 0.162. The van der Waals surface area contributed by atoms with E-state index in [2.05, 4.69) is 13.8 Å². The summed E-state index contributed by atoms with van der Waals surface area (Å²) in [5.41, 5.74) is 3.16. The molecule has 0 unspecified atom stereocenters. The number of carbonyl (C=O) groups excluding carboxylic acids is 2. The van der Waals surface area contributed by atoms with Crippen molar-refractivity contribution in [2.24, 2.45) is 17.3 Å². The van der Waals surface area contributed by atoms with Gasteiger partial charge >= 0.3 is 5.97 Å². The van der Waals surface area contributed by atoms with E-state index in [-0.39, 0.29) is 35.1 Å². The van der Waals surface area contributed by atoms with Crippen LogP contribution in [0.1, 0.15) is 60.8 Å². The summed E-state index contributed by atoms with van der Waals surface area (Å²) in [6.45, 7) is 12.1. The lowest BCUT2D eigenvalue weighted by Gasteiger charge is -2.48. The number of esters is 1. The van der Waals surface area contributed by atoms with Crippen molar-refractivity contribution >= 4 is 11.8 Å². The fourth-order valence-electron chi connectivity index (χ4n) is 3.62. The molecule has 1 saturated carbocycles. The minimum Gasteiger partial charge on any atom is -0.462 e. The van der Waals surface area contributed by atoms with Crippen LogP contribution in [0.5, 0.6) is 0 Å². The third-order valence-corrected chi connectivity index (χ3v) is 5.48. The molecule has 0 aromatic rings. The molecular formula is C19H28O3. The molecule has 0 aromatic heterocycles. The number of hydrogen-bond donors (Lipinski definition) is 0. The summed E-state index contributed by atoms with van der Waals surface area (Å²) < 4.78 is 5.73. The quantitative estimate of drug-likeness (QED) is 0.566. The standard InChI is InChI=1S/C19H28O3/c1-11(2)15-10-19(6)13(5)17(22-18(21)12(3)4)8-7-14(19)9-16(15)20/h9,12-13,17H,7-8,10H2,1-6H3/t13-,17+,19+/m0/s1. The van der Waals surface area contributed by atoms with Crippen molar-refractivity contribution in [1.29, 1.82) is 0 Å². The molecule has 0 heterocycles. The zero-order valence-corrected chi connectivity index (χ0v) is 14.7. The van der Waals surface area contributed by atoms with Gasteiger partial charge in [0.05, 0.1) is 5.92 Å². The van der Waals surface area contributed by atoms with Gasteiger partial charge in [0, 0.05) is 5.92 Å².